The lowest BCUT2D eigenvalue weighted by Crippen LogP contribution is -2.45. The zero-order valence-electron chi connectivity index (χ0n) is 22.9. The van der Waals surface area contributed by atoms with Crippen LogP contribution in [0.25, 0.3) is 0 Å². The number of hydrogen-bond donors (Lipinski definition) is 3. The van der Waals surface area contributed by atoms with Gasteiger partial charge in [-0.2, -0.15) is 0 Å². The summed E-state index contributed by atoms with van der Waals surface area (Å²) in [7, 11) is 0. The predicted octanol–water partition coefficient (Wildman–Crippen LogP) is 8.00. The minimum atomic E-state index is -0.828. The van der Waals surface area contributed by atoms with Gasteiger partial charge >= 0.3 is 0 Å². The Morgan fingerprint density at radius 2 is 1.09 bits per heavy atom. The third-order valence-electron chi connectivity index (χ3n) is 6.77. The van der Waals surface area contributed by atoms with Gasteiger partial charge < -0.3 is 15.5 Å². The summed E-state index contributed by atoms with van der Waals surface area (Å²) < 4.78 is 0. The van der Waals surface area contributed by atoms with Gasteiger partial charge in [0.05, 0.1) is 18.8 Å². The molecule has 0 aromatic rings. The van der Waals surface area contributed by atoms with Crippen molar-refractivity contribution in [3.63, 3.8) is 0 Å². The smallest absolute Gasteiger partial charge is 0.220 e. The number of aliphatic hydroxyl groups excluding tert-OH is 2. The van der Waals surface area contributed by atoms with Crippen LogP contribution in [0.15, 0.2) is 12.2 Å². The van der Waals surface area contributed by atoms with Gasteiger partial charge in [-0.05, 0) is 19.3 Å². The Morgan fingerprint density at radius 3 is 1.53 bits per heavy atom. The molecule has 0 aliphatic heterocycles. The molecule has 0 saturated carbocycles. The van der Waals surface area contributed by atoms with E-state index in [9.17, 15) is 15.0 Å². The number of carbonyl (C=O) groups is 1. The summed E-state index contributed by atoms with van der Waals surface area (Å²) in [6.45, 7) is 4.20. The van der Waals surface area contributed by atoms with E-state index in [0.29, 0.717) is 6.42 Å². The summed E-state index contributed by atoms with van der Waals surface area (Å²) in [5.74, 6) is -0.0709. The molecule has 34 heavy (non-hydrogen) atoms. The zero-order valence-corrected chi connectivity index (χ0v) is 22.9. The van der Waals surface area contributed by atoms with Gasteiger partial charge in [0.15, 0.2) is 0 Å². The summed E-state index contributed by atoms with van der Waals surface area (Å²) in [5, 5.41) is 22.5. The number of rotatable bonds is 26. The van der Waals surface area contributed by atoms with E-state index in [1.54, 1.807) is 6.08 Å². The number of amides is 1. The molecule has 0 aromatic heterocycles. The quantitative estimate of drug-likeness (QED) is 0.0865. The van der Waals surface area contributed by atoms with E-state index in [4.69, 9.17) is 0 Å². The monoisotopic (exact) mass is 481 g/mol. The summed E-state index contributed by atoms with van der Waals surface area (Å²) >= 11 is 0. The molecule has 2 unspecified atom stereocenters. The first-order valence-corrected chi connectivity index (χ1v) is 14.9. The third-order valence-corrected chi connectivity index (χ3v) is 6.77. The van der Waals surface area contributed by atoms with E-state index in [1.807, 2.05) is 6.08 Å². The fourth-order valence-electron chi connectivity index (χ4n) is 4.41. The Morgan fingerprint density at radius 1 is 0.676 bits per heavy atom. The van der Waals surface area contributed by atoms with Crippen LogP contribution in [0.5, 0.6) is 0 Å². The molecule has 0 radical (unpaired) electrons. The summed E-state index contributed by atoms with van der Waals surface area (Å²) in [5.41, 5.74) is 0. The van der Waals surface area contributed by atoms with Gasteiger partial charge in [-0.1, -0.05) is 142 Å². The average Bonchev–Trinajstić information content (AvgIpc) is 2.84. The largest absolute Gasteiger partial charge is 0.394 e. The second kappa shape index (κ2) is 26.7. The van der Waals surface area contributed by atoms with Crippen molar-refractivity contribution in [2.75, 3.05) is 6.61 Å². The molecule has 0 fully saturated rings. The minimum Gasteiger partial charge on any atom is -0.394 e. The molecule has 0 aliphatic carbocycles. The van der Waals surface area contributed by atoms with Crippen molar-refractivity contribution in [3.8, 4) is 0 Å². The molecule has 0 aliphatic rings. The van der Waals surface area contributed by atoms with E-state index in [1.165, 1.54) is 109 Å². The average molecular weight is 482 g/mol. The first-order valence-electron chi connectivity index (χ1n) is 14.9. The van der Waals surface area contributed by atoms with Crippen molar-refractivity contribution in [2.24, 2.45) is 0 Å². The van der Waals surface area contributed by atoms with Crippen LogP contribution in [0, 0.1) is 0 Å². The maximum absolute atomic E-state index is 12.1. The van der Waals surface area contributed by atoms with E-state index in [0.717, 1.165) is 25.7 Å². The molecule has 0 aromatic carbocycles. The number of carbonyl (C=O) groups excluding carboxylic acids is 1. The fraction of sp³-hybridized carbons (Fsp3) is 0.900. The number of allylic oxidation sites excluding steroid dienone is 1. The Labute approximate surface area is 212 Å². The van der Waals surface area contributed by atoms with Crippen LogP contribution in [-0.4, -0.2) is 34.9 Å². The van der Waals surface area contributed by atoms with Crippen molar-refractivity contribution in [3.05, 3.63) is 12.2 Å². The molecule has 4 nitrogen and oxygen atoms in total. The predicted molar refractivity (Wildman–Crippen MR) is 147 cm³/mol. The van der Waals surface area contributed by atoms with Crippen LogP contribution in [0.1, 0.15) is 155 Å². The lowest BCUT2D eigenvalue weighted by Gasteiger charge is -2.20. The van der Waals surface area contributed by atoms with Gasteiger partial charge in [-0.15, -0.1) is 0 Å². The Bertz CT molecular complexity index is 452. The Hall–Kier alpha value is -0.870. The highest BCUT2D eigenvalue weighted by atomic mass is 16.3. The highest BCUT2D eigenvalue weighted by Gasteiger charge is 2.17. The third kappa shape index (κ3) is 22.9. The lowest BCUT2D eigenvalue weighted by atomic mass is 10.0. The maximum Gasteiger partial charge on any atom is 0.220 e. The zero-order chi connectivity index (χ0) is 25.1. The molecule has 3 N–H and O–H groups in total. The normalized spacial score (nSPS) is 13.4. The molecule has 1 amide bonds. The van der Waals surface area contributed by atoms with Crippen LogP contribution < -0.4 is 5.32 Å². The van der Waals surface area contributed by atoms with Crippen LogP contribution in [0.4, 0.5) is 0 Å². The van der Waals surface area contributed by atoms with Crippen LogP contribution in [-0.2, 0) is 4.79 Å². The van der Waals surface area contributed by atoms with E-state index >= 15 is 0 Å². The second-order valence-corrected chi connectivity index (χ2v) is 10.2. The highest BCUT2D eigenvalue weighted by molar-refractivity contribution is 5.76. The van der Waals surface area contributed by atoms with Crippen molar-refractivity contribution >= 4 is 5.91 Å². The topological polar surface area (TPSA) is 69.6 Å². The molecular weight excluding hydrogens is 422 g/mol. The molecule has 2 atom stereocenters. The lowest BCUT2D eigenvalue weighted by molar-refractivity contribution is -0.123. The number of hydrogen-bond acceptors (Lipinski definition) is 3. The number of unbranched alkanes of at least 4 members (excludes halogenated alkanes) is 19. The van der Waals surface area contributed by atoms with Gasteiger partial charge in [-0.3, -0.25) is 4.79 Å². The maximum atomic E-state index is 12.1. The molecule has 0 saturated heterocycles. The fourth-order valence-corrected chi connectivity index (χ4v) is 4.41. The van der Waals surface area contributed by atoms with E-state index < -0.39 is 12.1 Å². The first kappa shape index (κ1) is 33.1. The molecule has 0 rings (SSSR count). The standard InChI is InChI=1S/C30H59NO3/c1-3-5-7-9-10-11-12-13-14-15-16-17-18-19-20-22-24-26-30(34)31-28(27-32)29(33)25-23-21-8-6-4-2/h23,25,28-29,32-33H,3-22,24,26-27H2,1-2H3,(H,31,34)/b25-23+. The SMILES string of the molecule is CCCCC/C=C/C(O)C(CO)NC(=O)CCCCCCCCCCCCCCCCCCC. The summed E-state index contributed by atoms with van der Waals surface area (Å²) in [4.78, 5) is 12.1. The van der Waals surface area contributed by atoms with E-state index in [2.05, 4.69) is 19.2 Å². The van der Waals surface area contributed by atoms with Gasteiger partial charge in [0, 0.05) is 6.42 Å². The van der Waals surface area contributed by atoms with Crippen LogP contribution in [0.3, 0.4) is 0 Å². The number of nitrogens with one attached hydrogen (secondary N) is 1. The Kier molecular flexibility index (Phi) is 26.0. The van der Waals surface area contributed by atoms with Crippen molar-refractivity contribution < 1.29 is 15.0 Å². The first-order chi connectivity index (χ1) is 16.7. The highest BCUT2D eigenvalue weighted by Crippen LogP contribution is 2.14. The second-order valence-electron chi connectivity index (χ2n) is 10.2. The summed E-state index contributed by atoms with van der Waals surface area (Å²) in [6.07, 6.45) is 30.2. The van der Waals surface area contributed by atoms with Gasteiger partial charge in [0.1, 0.15) is 0 Å². The molecule has 0 heterocycles. The molecule has 0 spiro atoms. The van der Waals surface area contributed by atoms with Gasteiger partial charge in [0.2, 0.25) is 5.91 Å². The molecule has 202 valence electrons. The van der Waals surface area contributed by atoms with E-state index in [-0.39, 0.29) is 12.5 Å². The number of aliphatic hydroxyl groups is 2. The van der Waals surface area contributed by atoms with Gasteiger partial charge in [-0.25, -0.2) is 0 Å². The van der Waals surface area contributed by atoms with Crippen molar-refractivity contribution in [1.82, 2.24) is 5.32 Å². The Balaban J connectivity index is 3.50. The molecule has 4 heteroatoms. The summed E-state index contributed by atoms with van der Waals surface area (Å²) in [6, 6.07) is -0.610. The van der Waals surface area contributed by atoms with Crippen molar-refractivity contribution in [2.45, 2.75) is 167 Å². The molecule has 0 bridgehead atoms. The minimum absolute atomic E-state index is 0.0709. The van der Waals surface area contributed by atoms with Gasteiger partial charge in [0.25, 0.3) is 0 Å². The molecular formula is C30H59NO3. The van der Waals surface area contributed by atoms with Crippen LogP contribution in [0.2, 0.25) is 0 Å². The van der Waals surface area contributed by atoms with Crippen molar-refractivity contribution in [1.29, 1.82) is 0 Å². The van der Waals surface area contributed by atoms with Crippen LogP contribution >= 0.6 is 0 Å².